The Bertz CT molecular complexity index is 711. The van der Waals surface area contributed by atoms with Gasteiger partial charge in [0.1, 0.15) is 12.6 Å². The highest BCUT2D eigenvalue weighted by Gasteiger charge is 2.29. The van der Waals surface area contributed by atoms with Gasteiger partial charge in [-0.3, -0.25) is 9.59 Å². The molecule has 1 unspecified atom stereocenters. The average molecular weight is 311 g/mol. The van der Waals surface area contributed by atoms with E-state index in [0.29, 0.717) is 0 Å². The van der Waals surface area contributed by atoms with Gasteiger partial charge < -0.3 is 15.6 Å². The number of ether oxygens (including phenoxy) is 1. The molecule has 2 aromatic rings. The third-order valence-corrected chi connectivity index (χ3v) is 4.05. The fraction of sp³-hybridized carbons (Fsp3) is 0.222. The lowest BCUT2D eigenvalue weighted by Gasteiger charge is -2.16. The van der Waals surface area contributed by atoms with Gasteiger partial charge >= 0.3 is 11.9 Å². The van der Waals surface area contributed by atoms with Gasteiger partial charge in [0, 0.05) is 5.92 Å². The Morgan fingerprint density at radius 1 is 1.04 bits per heavy atom. The number of carboxylic acids is 1. The van der Waals surface area contributed by atoms with Gasteiger partial charge in [0.2, 0.25) is 0 Å². The Balaban J connectivity index is 1.78. The topological polar surface area (TPSA) is 89.6 Å². The van der Waals surface area contributed by atoms with E-state index in [2.05, 4.69) is 0 Å². The van der Waals surface area contributed by atoms with E-state index in [1.54, 1.807) is 0 Å². The Morgan fingerprint density at radius 3 is 2.09 bits per heavy atom. The van der Waals surface area contributed by atoms with Gasteiger partial charge in [0.15, 0.2) is 0 Å². The lowest BCUT2D eigenvalue weighted by Crippen LogP contribution is -2.35. The lowest BCUT2D eigenvalue weighted by atomic mass is 9.98. The summed E-state index contributed by atoms with van der Waals surface area (Å²) in [7, 11) is 0. The van der Waals surface area contributed by atoms with Gasteiger partial charge in [-0.05, 0) is 22.3 Å². The van der Waals surface area contributed by atoms with Crippen molar-refractivity contribution in [3.63, 3.8) is 0 Å². The maximum Gasteiger partial charge on any atom is 0.323 e. The Labute approximate surface area is 133 Å². The third kappa shape index (κ3) is 2.96. The number of carbonyl (C=O) groups is 2. The number of fused-ring (bicyclic) bond motifs is 3. The van der Waals surface area contributed by atoms with Gasteiger partial charge in [0.05, 0.1) is 6.42 Å². The standard InChI is InChI=1S/C18H17NO4/c19-16(9-17(20)21)18(22)23-10-15-13-7-3-1-5-11(13)12-6-2-4-8-14(12)15/h1-8,15-16H,9-10,19H2,(H,20,21). The number of hydrogen-bond acceptors (Lipinski definition) is 4. The van der Waals surface area contributed by atoms with Crippen molar-refractivity contribution in [1.82, 2.24) is 0 Å². The van der Waals surface area contributed by atoms with Crippen LogP contribution in [0, 0.1) is 0 Å². The molecule has 5 heteroatoms. The predicted molar refractivity (Wildman–Crippen MR) is 84.9 cm³/mol. The number of esters is 1. The van der Waals surface area contributed by atoms with E-state index in [4.69, 9.17) is 15.6 Å². The van der Waals surface area contributed by atoms with E-state index in [1.165, 1.54) is 0 Å². The normalized spacial score (nSPS) is 14.0. The molecule has 0 heterocycles. The van der Waals surface area contributed by atoms with Crippen LogP contribution in [-0.2, 0) is 14.3 Å². The molecule has 0 saturated heterocycles. The van der Waals surface area contributed by atoms with Crippen molar-refractivity contribution in [3.8, 4) is 11.1 Å². The first kappa shape index (κ1) is 15.2. The Kier molecular flexibility index (Phi) is 4.12. The zero-order chi connectivity index (χ0) is 16.4. The molecule has 1 atom stereocenters. The Hall–Kier alpha value is -2.66. The average Bonchev–Trinajstić information content (AvgIpc) is 2.86. The van der Waals surface area contributed by atoms with Crippen LogP contribution in [0.15, 0.2) is 48.5 Å². The highest BCUT2D eigenvalue weighted by Crippen LogP contribution is 2.44. The highest BCUT2D eigenvalue weighted by molar-refractivity contribution is 5.82. The highest BCUT2D eigenvalue weighted by atomic mass is 16.5. The van der Waals surface area contributed by atoms with Crippen LogP contribution in [0.1, 0.15) is 23.5 Å². The number of rotatable bonds is 5. The summed E-state index contributed by atoms with van der Waals surface area (Å²) in [5.41, 5.74) is 10.0. The number of benzene rings is 2. The second-order valence-corrected chi connectivity index (χ2v) is 5.56. The van der Waals surface area contributed by atoms with Crippen molar-refractivity contribution in [3.05, 3.63) is 59.7 Å². The van der Waals surface area contributed by atoms with E-state index >= 15 is 0 Å². The molecule has 1 aliphatic carbocycles. The van der Waals surface area contributed by atoms with Crippen molar-refractivity contribution >= 4 is 11.9 Å². The maximum atomic E-state index is 11.8. The van der Waals surface area contributed by atoms with Crippen LogP contribution in [0.2, 0.25) is 0 Å². The first-order chi connectivity index (χ1) is 11.1. The van der Waals surface area contributed by atoms with Crippen molar-refractivity contribution in [2.24, 2.45) is 5.73 Å². The van der Waals surface area contributed by atoms with Crippen molar-refractivity contribution in [2.45, 2.75) is 18.4 Å². The number of hydrogen-bond donors (Lipinski definition) is 2. The summed E-state index contributed by atoms with van der Waals surface area (Å²) < 4.78 is 5.28. The molecule has 2 aromatic carbocycles. The summed E-state index contributed by atoms with van der Waals surface area (Å²) in [6, 6.07) is 14.9. The second kappa shape index (κ2) is 6.22. The fourth-order valence-corrected chi connectivity index (χ4v) is 2.98. The minimum absolute atomic E-state index is 0.0524. The molecular formula is C18H17NO4. The van der Waals surface area contributed by atoms with Crippen molar-refractivity contribution in [1.29, 1.82) is 0 Å². The minimum Gasteiger partial charge on any atom is -0.481 e. The van der Waals surface area contributed by atoms with Crippen LogP contribution in [0.25, 0.3) is 11.1 Å². The molecule has 5 nitrogen and oxygen atoms in total. The zero-order valence-corrected chi connectivity index (χ0v) is 12.4. The van der Waals surface area contributed by atoms with Crippen LogP contribution < -0.4 is 5.73 Å². The molecule has 0 radical (unpaired) electrons. The van der Waals surface area contributed by atoms with E-state index in [9.17, 15) is 9.59 Å². The largest absolute Gasteiger partial charge is 0.481 e. The van der Waals surface area contributed by atoms with E-state index in [1.807, 2.05) is 48.5 Å². The summed E-state index contributed by atoms with van der Waals surface area (Å²) in [6.07, 6.45) is -0.434. The smallest absolute Gasteiger partial charge is 0.323 e. The van der Waals surface area contributed by atoms with Crippen molar-refractivity contribution in [2.75, 3.05) is 6.61 Å². The van der Waals surface area contributed by atoms with E-state index < -0.39 is 24.4 Å². The molecule has 0 aromatic heterocycles. The molecule has 1 aliphatic rings. The monoisotopic (exact) mass is 311 g/mol. The van der Waals surface area contributed by atoms with Gasteiger partial charge in [-0.15, -0.1) is 0 Å². The van der Waals surface area contributed by atoms with Crippen LogP contribution >= 0.6 is 0 Å². The quantitative estimate of drug-likeness (QED) is 0.826. The summed E-state index contributed by atoms with van der Waals surface area (Å²) in [6.45, 7) is 0.153. The SMILES string of the molecule is NC(CC(=O)O)C(=O)OCC1c2ccccc2-c2ccccc21. The summed E-state index contributed by atoms with van der Waals surface area (Å²) >= 11 is 0. The summed E-state index contributed by atoms with van der Waals surface area (Å²) in [5, 5.41) is 8.69. The number of carbonyl (C=O) groups excluding carboxylic acids is 1. The van der Waals surface area contributed by atoms with Crippen LogP contribution in [0.3, 0.4) is 0 Å². The van der Waals surface area contributed by atoms with Gasteiger partial charge in [0.25, 0.3) is 0 Å². The number of nitrogens with two attached hydrogens (primary N) is 1. The molecule has 0 amide bonds. The second-order valence-electron chi connectivity index (χ2n) is 5.56. The van der Waals surface area contributed by atoms with E-state index in [-0.39, 0.29) is 12.5 Å². The molecule has 23 heavy (non-hydrogen) atoms. The zero-order valence-electron chi connectivity index (χ0n) is 12.4. The number of aliphatic carboxylic acids is 1. The molecule has 0 spiro atoms. The van der Waals surface area contributed by atoms with E-state index in [0.717, 1.165) is 22.3 Å². The van der Waals surface area contributed by atoms with Crippen LogP contribution in [-0.4, -0.2) is 29.7 Å². The predicted octanol–water partition coefficient (Wildman–Crippen LogP) is 2.14. The first-order valence-corrected chi connectivity index (χ1v) is 7.40. The summed E-state index contributed by atoms with van der Waals surface area (Å²) in [5.74, 6) is -1.86. The van der Waals surface area contributed by atoms with Crippen molar-refractivity contribution < 1.29 is 19.4 Å². The molecule has 0 bridgehead atoms. The minimum atomic E-state index is -1.14. The molecular weight excluding hydrogens is 294 g/mol. The molecule has 118 valence electrons. The molecule has 3 rings (SSSR count). The number of carboxylic acid groups (broad SMARTS) is 1. The Morgan fingerprint density at radius 2 is 1.57 bits per heavy atom. The molecule has 3 N–H and O–H groups in total. The molecule has 0 saturated carbocycles. The molecule has 0 aliphatic heterocycles. The van der Waals surface area contributed by atoms with Crippen LogP contribution in [0.5, 0.6) is 0 Å². The summed E-state index contributed by atoms with van der Waals surface area (Å²) in [4.78, 5) is 22.5. The molecule has 0 fully saturated rings. The van der Waals surface area contributed by atoms with Crippen LogP contribution in [0.4, 0.5) is 0 Å². The van der Waals surface area contributed by atoms with Gasteiger partial charge in [-0.1, -0.05) is 48.5 Å². The fourth-order valence-electron chi connectivity index (χ4n) is 2.98. The lowest BCUT2D eigenvalue weighted by molar-refractivity contribution is -0.149. The van der Waals surface area contributed by atoms with Gasteiger partial charge in [-0.25, -0.2) is 0 Å². The first-order valence-electron chi connectivity index (χ1n) is 7.40. The van der Waals surface area contributed by atoms with Gasteiger partial charge in [-0.2, -0.15) is 0 Å². The third-order valence-electron chi connectivity index (χ3n) is 4.05. The maximum absolute atomic E-state index is 11.8.